The first-order chi connectivity index (χ1) is 13.6. The van der Waals surface area contributed by atoms with Crippen molar-refractivity contribution in [3.8, 4) is 17.2 Å². The summed E-state index contributed by atoms with van der Waals surface area (Å²) < 4.78 is 17.9. The minimum Gasteiger partial charge on any atom is -0.507 e. The Morgan fingerprint density at radius 3 is 2.82 bits per heavy atom. The summed E-state index contributed by atoms with van der Waals surface area (Å²) in [6.07, 6.45) is 1.09. The maximum Gasteiger partial charge on any atom is 0.167 e. The van der Waals surface area contributed by atoms with E-state index >= 15 is 0 Å². The SMILES string of the molecule is COc1c(C)c(O)c2c(c1O)C1COC3C4CC5C(N4)C(C2N2CCOC52)N13. The van der Waals surface area contributed by atoms with Crippen LogP contribution in [0.4, 0.5) is 0 Å². The highest BCUT2D eigenvalue weighted by Gasteiger charge is 2.67. The Kier molecular flexibility index (Phi) is 2.97. The number of hydrogen-bond acceptors (Lipinski definition) is 8. The Hall–Kier alpha value is -1.58. The first kappa shape index (κ1) is 16.2. The van der Waals surface area contributed by atoms with E-state index in [0.717, 1.165) is 24.1 Å². The summed E-state index contributed by atoms with van der Waals surface area (Å²) in [6.45, 7) is 3.88. The van der Waals surface area contributed by atoms with Crippen LogP contribution in [0.15, 0.2) is 0 Å². The smallest absolute Gasteiger partial charge is 0.167 e. The predicted molar refractivity (Wildman–Crippen MR) is 97.2 cm³/mol. The van der Waals surface area contributed by atoms with Gasteiger partial charge in [0.1, 0.15) is 18.2 Å². The molecule has 150 valence electrons. The van der Waals surface area contributed by atoms with E-state index < -0.39 is 0 Å². The molecule has 0 spiro atoms. The topological polar surface area (TPSA) is 86.7 Å². The number of rotatable bonds is 1. The first-order valence-electron chi connectivity index (χ1n) is 10.3. The summed E-state index contributed by atoms with van der Waals surface area (Å²) in [5.41, 5.74) is 2.20. The van der Waals surface area contributed by atoms with E-state index in [0.29, 0.717) is 36.5 Å². The lowest BCUT2D eigenvalue weighted by Gasteiger charge is -2.57. The van der Waals surface area contributed by atoms with Gasteiger partial charge in [-0.15, -0.1) is 0 Å². The molecule has 6 heterocycles. The fraction of sp³-hybridized carbons (Fsp3) is 0.700. The fourth-order valence-corrected chi connectivity index (χ4v) is 7.19. The molecule has 3 N–H and O–H groups in total. The minimum absolute atomic E-state index is 0.000711. The number of benzene rings is 1. The molecular formula is C20H25N3O5. The van der Waals surface area contributed by atoms with Gasteiger partial charge in [0.25, 0.3) is 0 Å². The Morgan fingerprint density at radius 1 is 1.14 bits per heavy atom. The first-order valence-corrected chi connectivity index (χ1v) is 10.3. The Bertz CT molecular complexity index is 893. The Labute approximate surface area is 163 Å². The van der Waals surface area contributed by atoms with E-state index in [1.807, 2.05) is 6.92 Å². The highest BCUT2D eigenvalue weighted by molar-refractivity contribution is 5.65. The molecule has 0 amide bonds. The minimum atomic E-state index is -0.0624. The molecule has 8 atom stereocenters. The Morgan fingerprint density at radius 2 is 2.00 bits per heavy atom. The van der Waals surface area contributed by atoms with Crippen molar-refractivity contribution in [2.75, 3.05) is 26.9 Å². The van der Waals surface area contributed by atoms with Crippen molar-refractivity contribution in [3.05, 3.63) is 16.7 Å². The molecule has 0 radical (unpaired) electrons. The summed E-state index contributed by atoms with van der Waals surface area (Å²) in [7, 11) is 1.54. The molecule has 0 aliphatic carbocycles. The van der Waals surface area contributed by atoms with Crippen LogP contribution >= 0.6 is 0 Å². The van der Waals surface area contributed by atoms with Crippen LogP contribution in [0.3, 0.4) is 0 Å². The van der Waals surface area contributed by atoms with Gasteiger partial charge in [0, 0.05) is 47.3 Å². The molecule has 8 heteroatoms. The van der Waals surface area contributed by atoms with Crippen LogP contribution in [-0.4, -0.2) is 77.5 Å². The number of methoxy groups -OCH3 is 1. The lowest BCUT2D eigenvalue weighted by atomic mass is 9.73. The second-order valence-corrected chi connectivity index (χ2v) is 9.00. The van der Waals surface area contributed by atoms with E-state index in [4.69, 9.17) is 14.2 Å². The molecule has 5 saturated heterocycles. The number of piperidine rings is 1. The number of nitrogens with one attached hydrogen (secondary N) is 1. The molecule has 2 bridgehead atoms. The average molecular weight is 387 g/mol. The third kappa shape index (κ3) is 1.60. The van der Waals surface area contributed by atoms with Gasteiger partial charge in [0.15, 0.2) is 11.5 Å². The molecule has 1 aromatic carbocycles. The van der Waals surface area contributed by atoms with Gasteiger partial charge in [-0.25, -0.2) is 0 Å². The van der Waals surface area contributed by atoms with Crippen LogP contribution in [-0.2, 0) is 9.47 Å². The maximum atomic E-state index is 11.3. The highest BCUT2D eigenvalue weighted by Crippen LogP contribution is 2.62. The number of phenols is 2. The van der Waals surface area contributed by atoms with Crippen LogP contribution in [0.25, 0.3) is 0 Å². The van der Waals surface area contributed by atoms with Crippen LogP contribution in [0, 0.1) is 12.8 Å². The van der Waals surface area contributed by atoms with E-state index in [2.05, 4.69) is 15.1 Å². The maximum absolute atomic E-state index is 11.3. The summed E-state index contributed by atoms with van der Waals surface area (Å²) in [6, 6.07) is 0.696. The number of hydrogen-bond donors (Lipinski definition) is 3. The van der Waals surface area contributed by atoms with Crippen molar-refractivity contribution in [1.29, 1.82) is 0 Å². The molecule has 8 nitrogen and oxygen atoms in total. The highest BCUT2D eigenvalue weighted by atomic mass is 16.5. The average Bonchev–Trinajstić information content (AvgIpc) is 3.40. The van der Waals surface area contributed by atoms with Crippen molar-refractivity contribution in [2.24, 2.45) is 5.92 Å². The van der Waals surface area contributed by atoms with Crippen LogP contribution < -0.4 is 10.1 Å². The summed E-state index contributed by atoms with van der Waals surface area (Å²) in [5, 5.41) is 26.3. The molecule has 5 fully saturated rings. The largest absolute Gasteiger partial charge is 0.507 e. The second-order valence-electron chi connectivity index (χ2n) is 9.00. The third-order valence-electron chi connectivity index (χ3n) is 8.09. The molecule has 28 heavy (non-hydrogen) atoms. The molecule has 7 rings (SSSR count). The molecule has 8 unspecified atom stereocenters. The van der Waals surface area contributed by atoms with Gasteiger partial charge in [-0.05, 0) is 13.3 Å². The van der Waals surface area contributed by atoms with Crippen molar-refractivity contribution < 1.29 is 24.4 Å². The summed E-state index contributed by atoms with van der Waals surface area (Å²) >= 11 is 0. The number of ether oxygens (including phenoxy) is 3. The molecule has 6 aliphatic heterocycles. The third-order valence-corrected chi connectivity index (χ3v) is 8.09. The van der Waals surface area contributed by atoms with Crippen LogP contribution in [0.2, 0.25) is 0 Å². The van der Waals surface area contributed by atoms with Gasteiger partial charge in [0.05, 0.1) is 32.4 Å². The monoisotopic (exact) mass is 387 g/mol. The lowest BCUT2D eigenvalue weighted by molar-refractivity contribution is -0.132. The van der Waals surface area contributed by atoms with E-state index in [1.165, 1.54) is 7.11 Å². The van der Waals surface area contributed by atoms with Crippen molar-refractivity contribution in [2.45, 2.75) is 56.0 Å². The van der Waals surface area contributed by atoms with Crippen LogP contribution in [0.5, 0.6) is 17.2 Å². The molecule has 1 aromatic rings. The molecule has 0 aromatic heterocycles. The molecule has 0 saturated carbocycles. The van der Waals surface area contributed by atoms with Gasteiger partial charge in [-0.1, -0.05) is 0 Å². The summed E-state index contributed by atoms with van der Waals surface area (Å²) in [5.74, 6) is 1.17. The molecule has 6 aliphatic rings. The number of fused-ring (bicyclic) bond motifs is 8. The van der Waals surface area contributed by atoms with Crippen LogP contribution in [0.1, 0.15) is 35.2 Å². The van der Waals surface area contributed by atoms with E-state index in [1.54, 1.807) is 0 Å². The predicted octanol–water partition coefficient (Wildman–Crippen LogP) is 0.570. The standard InChI is InChI=1S/C20H25N3O5/c1-7-16(24)12-11(17(25)18(7)26-2)10-6-28-20-9-5-8-13(21-9)15(23(10)20)14(12)22-3-4-27-19(8)22/h8-10,13-15,19-21,24-25H,3-6H2,1-2H3. The quantitative estimate of drug-likeness (QED) is 0.603. The van der Waals surface area contributed by atoms with Gasteiger partial charge >= 0.3 is 0 Å². The molecular weight excluding hydrogens is 362 g/mol. The summed E-state index contributed by atoms with van der Waals surface area (Å²) in [4.78, 5) is 4.89. The lowest BCUT2D eigenvalue weighted by Crippen LogP contribution is -2.71. The zero-order valence-electron chi connectivity index (χ0n) is 16.0. The zero-order chi connectivity index (χ0) is 18.9. The number of nitrogens with zero attached hydrogens (tertiary/aromatic N) is 2. The van der Waals surface area contributed by atoms with Crippen molar-refractivity contribution >= 4 is 0 Å². The van der Waals surface area contributed by atoms with Gasteiger partial charge < -0.3 is 29.7 Å². The number of phenolic OH excluding ortho intramolecular Hbond substituents is 2. The number of aromatic hydroxyl groups is 2. The van der Waals surface area contributed by atoms with E-state index in [9.17, 15) is 10.2 Å². The second kappa shape index (κ2) is 5.12. The van der Waals surface area contributed by atoms with Gasteiger partial charge in [-0.3, -0.25) is 9.80 Å². The fourth-order valence-electron chi connectivity index (χ4n) is 7.19. The van der Waals surface area contributed by atoms with Crippen molar-refractivity contribution in [3.63, 3.8) is 0 Å². The normalized spacial score (nSPS) is 45.2. The van der Waals surface area contributed by atoms with E-state index in [-0.39, 0.29) is 48.1 Å². The zero-order valence-corrected chi connectivity index (χ0v) is 16.0. The van der Waals surface area contributed by atoms with Gasteiger partial charge in [-0.2, -0.15) is 0 Å². The van der Waals surface area contributed by atoms with Crippen molar-refractivity contribution in [1.82, 2.24) is 15.1 Å². The Balaban J connectivity index is 1.54. The number of piperazine rings is 1. The van der Waals surface area contributed by atoms with Gasteiger partial charge in [0.2, 0.25) is 0 Å².